The zero-order chi connectivity index (χ0) is 28.3. The van der Waals surface area contributed by atoms with Gasteiger partial charge in [0.15, 0.2) is 17.5 Å². The van der Waals surface area contributed by atoms with E-state index in [0.29, 0.717) is 17.5 Å². The third kappa shape index (κ3) is 3.99. The fraction of sp³-hybridized carbons (Fsp3) is 0. The maximum atomic E-state index is 5.14. The average molecular weight is 566 g/mol. The van der Waals surface area contributed by atoms with Crippen LogP contribution in [0.25, 0.3) is 86.7 Å². The van der Waals surface area contributed by atoms with Crippen molar-refractivity contribution in [3.63, 3.8) is 0 Å². The molecule has 2 aromatic heterocycles. The quantitative estimate of drug-likeness (QED) is 0.200. The number of rotatable bonds is 3. The van der Waals surface area contributed by atoms with E-state index in [1.807, 2.05) is 29.5 Å². The summed E-state index contributed by atoms with van der Waals surface area (Å²) in [6.45, 7) is 0. The first-order valence-corrected chi connectivity index (χ1v) is 15.2. The topological polar surface area (TPSA) is 38.7 Å². The number of thiophene rings is 1. The highest BCUT2D eigenvalue weighted by Gasteiger charge is 2.18. The Hall–Kier alpha value is -5.45. The van der Waals surface area contributed by atoms with Crippen LogP contribution in [-0.4, -0.2) is 15.0 Å². The van der Waals surface area contributed by atoms with Gasteiger partial charge in [0.2, 0.25) is 0 Å². The molecule has 0 aliphatic carbocycles. The van der Waals surface area contributed by atoms with Crippen molar-refractivity contribution in [1.29, 1.82) is 0 Å². The SMILES string of the molecule is c1ccc(-c2nc(-c3ccc4ccccc4c3)nc(-c3cccc4sc5cc6ccc7ccccc7c6cc5c34)n2)cc1. The van der Waals surface area contributed by atoms with Crippen LogP contribution in [-0.2, 0) is 0 Å². The van der Waals surface area contributed by atoms with Gasteiger partial charge in [0.25, 0.3) is 0 Å². The largest absolute Gasteiger partial charge is 0.208 e. The Morgan fingerprint density at radius 1 is 0.372 bits per heavy atom. The second kappa shape index (κ2) is 9.55. The van der Waals surface area contributed by atoms with Gasteiger partial charge in [-0.1, -0.05) is 115 Å². The second-order valence-corrected chi connectivity index (χ2v) is 12.0. The van der Waals surface area contributed by atoms with Gasteiger partial charge in [-0.3, -0.25) is 0 Å². The molecule has 3 nitrogen and oxygen atoms in total. The zero-order valence-corrected chi connectivity index (χ0v) is 23.8. The Kier molecular flexibility index (Phi) is 5.37. The summed E-state index contributed by atoms with van der Waals surface area (Å²) in [7, 11) is 0. The zero-order valence-electron chi connectivity index (χ0n) is 23.0. The Bertz CT molecular complexity index is 2510. The van der Waals surface area contributed by atoms with Gasteiger partial charge in [-0.15, -0.1) is 11.3 Å². The molecule has 0 saturated heterocycles. The van der Waals surface area contributed by atoms with Crippen molar-refractivity contribution in [1.82, 2.24) is 15.0 Å². The van der Waals surface area contributed by atoms with Crippen molar-refractivity contribution >= 4 is 63.8 Å². The molecule has 200 valence electrons. The van der Waals surface area contributed by atoms with Gasteiger partial charge in [-0.05, 0) is 56.6 Å². The predicted octanol–water partition coefficient (Wildman–Crippen LogP) is 10.7. The standard InChI is InChI=1S/C39H23N3S/c1-2-11-26(12-3-1)37-40-38(29-20-17-24-9-4-5-13-27(24)21-29)42-39(41-37)31-15-8-16-34-36(31)33-23-32-28(22-35(33)43-34)19-18-25-10-6-7-14-30(25)32/h1-23H. The highest BCUT2D eigenvalue weighted by atomic mass is 32.1. The van der Waals surface area contributed by atoms with E-state index in [-0.39, 0.29) is 0 Å². The first kappa shape index (κ1) is 24.2. The number of fused-ring (bicyclic) bond motifs is 7. The van der Waals surface area contributed by atoms with Crippen molar-refractivity contribution in [2.45, 2.75) is 0 Å². The molecule has 2 heterocycles. The summed E-state index contributed by atoms with van der Waals surface area (Å²) in [6, 6.07) is 49.2. The Balaban J connectivity index is 1.33. The monoisotopic (exact) mass is 565 g/mol. The van der Waals surface area contributed by atoms with E-state index in [1.165, 1.54) is 47.1 Å². The number of hydrogen-bond donors (Lipinski definition) is 0. The van der Waals surface area contributed by atoms with Crippen LogP contribution in [0.5, 0.6) is 0 Å². The highest BCUT2D eigenvalue weighted by molar-refractivity contribution is 7.26. The van der Waals surface area contributed by atoms with Crippen LogP contribution in [0.4, 0.5) is 0 Å². The molecule has 4 heteroatoms. The average Bonchev–Trinajstić information content (AvgIpc) is 3.45. The summed E-state index contributed by atoms with van der Waals surface area (Å²) < 4.78 is 2.48. The molecule has 0 aliphatic heterocycles. The van der Waals surface area contributed by atoms with Crippen LogP contribution in [0.2, 0.25) is 0 Å². The third-order valence-electron chi connectivity index (χ3n) is 8.28. The van der Waals surface area contributed by atoms with Crippen molar-refractivity contribution in [2.24, 2.45) is 0 Å². The predicted molar refractivity (Wildman–Crippen MR) is 182 cm³/mol. The minimum absolute atomic E-state index is 0.668. The Labute approximate surface area is 251 Å². The first-order chi connectivity index (χ1) is 21.3. The Morgan fingerprint density at radius 2 is 1.07 bits per heavy atom. The highest BCUT2D eigenvalue weighted by Crippen LogP contribution is 2.42. The van der Waals surface area contributed by atoms with Gasteiger partial charge < -0.3 is 0 Å². The Morgan fingerprint density at radius 3 is 1.95 bits per heavy atom. The maximum Gasteiger partial charge on any atom is 0.164 e. The van der Waals surface area contributed by atoms with Crippen molar-refractivity contribution < 1.29 is 0 Å². The van der Waals surface area contributed by atoms with E-state index in [9.17, 15) is 0 Å². The van der Waals surface area contributed by atoms with Crippen LogP contribution in [0.1, 0.15) is 0 Å². The van der Waals surface area contributed by atoms with E-state index < -0.39 is 0 Å². The molecule has 0 amide bonds. The summed E-state index contributed by atoms with van der Waals surface area (Å²) in [6.07, 6.45) is 0. The first-order valence-electron chi connectivity index (χ1n) is 14.4. The van der Waals surface area contributed by atoms with Gasteiger partial charge in [-0.25, -0.2) is 15.0 Å². The maximum absolute atomic E-state index is 5.14. The smallest absolute Gasteiger partial charge is 0.164 e. The summed E-state index contributed by atoms with van der Waals surface area (Å²) >= 11 is 1.82. The molecular weight excluding hydrogens is 543 g/mol. The molecule has 0 fully saturated rings. The van der Waals surface area contributed by atoms with Crippen LogP contribution >= 0.6 is 11.3 Å². The van der Waals surface area contributed by atoms with Crippen LogP contribution in [0, 0.1) is 0 Å². The molecule has 0 bridgehead atoms. The van der Waals surface area contributed by atoms with Gasteiger partial charge in [0.05, 0.1) is 0 Å². The van der Waals surface area contributed by atoms with Gasteiger partial charge in [0, 0.05) is 36.9 Å². The van der Waals surface area contributed by atoms with Crippen molar-refractivity contribution in [2.75, 3.05) is 0 Å². The lowest BCUT2D eigenvalue weighted by Gasteiger charge is -2.10. The lowest BCUT2D eigenvalue weighted by atomic mass is 9.98. The summed E-state index contributed by atoms with van der Waals surface area (Å²) in [5, 5.41) is 9.80. The lowest BCUT2D eigenvalue weighted by Crippen LogP contribution is -2.00. The minimum Gasteiger partial charge on any atom is -0.208 e. The lowest BCUT2D eigenvalue weighted by molar-refractivity contribution is 1.08. The molecule has 9 aromatic rings. The molecule has 0 N–H and O–H groups in total. The minimum atomic E-state index is 0.668. The van der Waals surface area contributed by atoms with Crippen LogP contribution < -0.4 is 0 Å². The molecule has 0 spiro atoms. The molecule has 7 aromatic carbocycles. The van der Waals surface area contributed by atoms with Crippen LogP contribution in [0.3, 0.4) is 0 Å². The van der Waals surface area contributed by atoms with Gasteiger partial charge >= 0.3 is 0 Å². The van der Waals surface area contributed by atoms with Crippen LogP contribution in [0.15, 0.2) is 140 Å². The van der Waals surface area contributed by atoms with E-state index in [0.717, 1.165) is 22.1 Å². The molecular formula is C39H23N3S. The molecule has 0 radical (unpaired) electrons. The van der Waals surface area contributed by atoms with E-state index in [2.05, 4.69) is 121 Å². The molecule has 0 atom stereocenters. The van der Waals surface area contributed by atoms with E-state index >= 15 is 0 Å². The molecule has 0 unspecified atom stereocenters. The van der Waals surface area contributed by atoms with Gasteiger partial charge in [-0.2, -0.15) is 0 Å². The molecule has 0 saturated carbocycles. The molecule has 9 rings (SSSR count). The molecule has 43 heavy (non-hydrogen) atoms. The van der Waals surface area contributed by atoms with E-state index in [4.69, 9.17) is 15.0 Å². The van der Waals surface area contributed by atoms with Gasteiger partial charge in [0.1, 0.15) is 0 Å². The number of hydrogen-bond acceptors (Lipinski definition) is 4. The fourth-order valence-corrected chi connectivity index (χ4v) is 7.35. The third-order valence-corrected chi connectivity index (χ3v) is 9.39. The normalized spacial score (nSPS) is 11.7. The van der Waals surface area contributed by atoms with Crippen molar-refractivity contribution in [3.05, 3.63) is 140 Å². The number of benzene rings is 7. The summed E-state index contributed by atoms with van der Waals surface area (Å²) in [5.41, 5.74) is 2.96. The molecule has 0 aliphatic rings. The fourth-order valence-electron chi connectivity index (χ4n) is 6.18. The van der Waals surface area contributed by atoms with E-state index in [1.54, 1.807) is 0 Å². The summed E-state index contributed by atoms with van der Waals surface area (Å²) in [4.78, 5) is 15.2. The second-order valence-electron chi connectivity index (χ2n) is 10.9. The van der Waals surface area contributed by atoms with Crippen molar-refractivity contribution in [3.8, 4) is 34.2 Å². The number of nitrogens with zero attached hydrogens (tertiary/aromatic N) is 3. The number of aromatic nitrogens is 3. The summed E-state index contributed by atoms with van der Waals surface area (Å²) in [5.74, 6) is 2.02.